The van der Waals surface area contributed by atoms with Crippen LogP contribution in [0, 0.1) is 6.92 Å². The van der Waals surface area contributed by atoms with Crippen LogP contribution in [0.25, 0.3) is 0 Å². The number of para-hydroxylation sites is 1. The molecule has 0 aliphatic carbocycles. The summed E-state index contributed by atoms with van der Waals surface area (Å²) < 4.78 is 0. The molecule has 4 nitrogen and oxygen atoms in total. The number of aromatic nitrogens is 1. The molecule has 0 aliphatic heterocycles. The second kappa shape index (κ2) is 7.28. The van der Waals surface area contributed by atoms with Crippen molar-refractivity contribution in [2.24, 2.45) is 0 Å². The summed E-state index contributed by atoms with van der Waals surface area (Å²) in [6, 6.07) is 23.6. The van der Waals surface area contributed by atoms with Crippen LogP contribution in [0.5, 0.6) is 0 Å². The van der Waals surface area contributed by atoms with Crippen LogP contribution < -0.4 is 5.32 Å². The third-order valence-corrected chi connectivity index (χ3v) is 4.04. The highest BCUT2D eigenvalue weighted by molar-refractivity contribution is 5.98. The zero-order valence-electron chi connectivity index (χ0n) is 14.0. The maximum absolute atomic E-state index is 12.9. The molecule has 1 amide bonds. The molecule has 1 heterocycles. The van der Waals surface area contributed by atoms with Gasteiger partial charge in [-0.3, -0.25) is 9.78 Å². The maximum atomic E-state index is 12.9. The highest BCUT2D eigenvalue weighted by atomic mass is 16.3. The van der Waals surface area contributed by atoms with E-state index < -0.39 is 11.5 Å². The minimum Gasteiger partial charge on any atom is -0.375 e. The Hall–Kier alpha value is -2.98. The number of anilines is 1. The number of amides is 1. The molecule has 3 aromatic rings. The van der Waals surface area contributed by atoms with E-state index in [1.54, 1.807) is 36.4 Å². The number of aryl methyl sites for hydroxylation is 1. The molecule has 0 fully saturated rings. The summed E-state index contributed by atoms with van der Waals surface area (Å²) in [5, 5.41) is 14.1. The van der Waals surface area contributed by atoms with Gasteiger partial charge in [0.1, 0.15) is 0 Å². The Morgan fingerprint density at radius 3 is 2.24 bits per heavy atom. The van der Waals surface area contributed by atoms with Crippen LogP contribution >= 0.6 is 0 Å². The second-order valence-corrected chi connectivity index (χ2v) is 5.99. The molecule has 4 heteroatoms. The SMILES string of the molecule is Cc1cccc(CC(O)(C(=O)Nc2ccccc2)c2ccccc2)n1. The van der Waals surface area contributed by atoms with E-state index in [0.717, 1.165) is 5.69 Å². The van der Waals surface area contributed by atoms with Gasteiger partial charge in [-0.15, -0.1) is 0 Å². The van der Waals surface area contributed by atoms with Gasteiger partial charge in [-0.2, -0.15) is 0 Å². The number of benzene rings is 2. The van der Waals surface area contributed by atoms with Crippen molar-refractivity contribution in [1.82, 2.24) is 4.98 Å². The second-order valence-electron chi connectivity index (χ2n) is 5.99. The monoisotopic (exact) mass is 332 g/mol. The van der Waals surface area contributed by atoms with E-state index in [9.17, 15) is 9.90 Å². The molecule has 1 atom stereocenters. The van der Waals surface area contributed by atoms with E-state index in [-0.39, 0.29) is 6.42 Å². The average Bonchev–Trinajstić information content (AvgIpc) is 2.63. The van der Waals surface area contributed by atoms with E-state index in [2.05, 4.69) is 10.3 Å². The number of carbonyl (C=O) groups is 1. The average molecular weight is 332 g/mol. The molecule has 2 N–H and O–H groups in total. The molecule has 3 rings (SSSR count). The lowest BCUT2D eigenvalue weighted by Gasteiger charge is -2.27. The fourth-order valence-corrected chi connectivity index (χ4v) is 2.74. The number of pyridine rings is 1. The number of rotatable bonds is 5. The Kier molecular flexibility index (Phi) is 4.91. The molecule has 0 aliphatic rings. The van der Waals surface area contributed by atoms with Crippen LogP contribution in [0.15, 0.2) is 78.9 Å². The van der Waals surface area contributed by atoms with Gasteiger partial charge >= 0.3 is 0 Å². The van der Waals surface area contributed by atoms with E-state index >= 15 is 0 Å². The van der Waals surface area contributed by atoms with Crippen molar-refractivity contribution in [3.63, 3.8) is 0 Å². The maximum Gasteiger partial charge on any atom is 0.261 e. The van der Waals surface area contributed by atoms with Gasteiger partial charge in [0.2, 0.25) is 0 Å². The summed E-state index contributed by atoms with van der Waals surface area (Å²) >= 11 is 0. The molecular weight excluding hydrogens is 312 g/mol. The molecule has 0 saturated carbocycles. The Morgan fingerprint density at radius 2 is 1.60 bits per heavy atom. The summed E-state index contributed by atoms with van der Waals surface area (Å²) in [4.78, 5) is 17.4. The van der Waals surface area contributed by atoms with E-state index in [1.807, 2.05) is 49.4 Å². The lowest BCUT2D eigenvalue weighted by Crippen LogP contribution is -2.42. The van der Waals surface area contributed by atoms with Gasteiger partial charge in [0.25, 0.3) is 5.91 Å². The standard InChI is InChI=1S/C21H20N2O2/c1-16-9-8-14-19(22-16)15-21(25,17-10-4-2-5-11-17)20(24)23-18-12-6-3-7-13-18/h2-14,25H,15H2,1H3,(H,23,24). The Balaban J connectivity index is 1.95. The van der Waals surface area contributed by atoms with E-state index in [4.69, 9.17) is 0 Å². The summed E-state index contributed by atoms with van der Waals surface area (Å²) in [7, 11) is 0. The fraction of sp³-hybridized carbons (Fsp3) is 0.143. The number of carbonyl (C=O) groups excluding carboxylic acids is 1. The minimum absolute atomic E-state index is 0.0946. The number of aliphatic hydroxyl groups is 1. The van der Waals surface area contributed by atoms with Crippen molar-refractivity contribution in [2.75, 3.05) is 5.32 Å². The van der Waals surface area contributed by atoms with Crippen molar-refractivity contribution in [1.29, 1.82) is 0 Å². The first kappa shape index (κ1) is 16.9. The van der Waals surface area contributed by atoms with Gasteiger partial charge < -0.3 is 10.4 Å². The van der Waals surface area contributed by atoms with Gasteiger partial charge in [-0.25, -0.2) is 0 Å². The fourth-order valence-electron chi connectivity index (χ4n) is 2.74. The van der Waals surface area contributed by atoms with Crippen molar-refractivity contribution in [3.8, 4) is 0 Å². The highest BCUT2D eigenvalue weighted by Gasteiger charge is 2.38. The molecule has 0 radical (unpaired) electrons. The highest BCUT2D eigenvalue weighted by Crippen LogP contribution is 2.27. The van der Waals surface area contributed by atoms with Crippen molar-refractivity contribution in [2.45, 2.75) is 18.9 Å². The minimum atomic E-state index is -1.71. The summed E-state index contributed by atoms with van der Waals surface area (Å²) in [5.74, 6) is -0.479. The third-order valence-electron chi connectivity index (χ3n) is 4.04. The third kappa shape index (κ3) is 3.92. The Bertz CT molecular complexity index is 850. The van der Waals surface area contributed by atoms with Gasteiger partial charge in [0.05, 0.1) is 0 Å². The number of hydrogen-bond donors (Lipinski definition) is 2. The smallest absolute Gasteiger partial charge is 0.261 e. The van der Waals surface area contributed by atoms with Crippen LogP contribution in [-0.4, -0.2) is 16.0 Å². The predicted molar refractivity (Wildman–Crippen MR) is 98.1 cm³/mol. The van der Waals surface area contributed by atoms with Crippen LogP contribution in [0.2, 0.25) is 0 Å². The van der Waals surface area contributed by atoms with Gasteiger partial charge in [0.15, 0.2) is 5.60 Å². The van der Waals surface area contributed by atoms with Crippen LogP contribution in [0.3, 0.4) is 0 Å². The van der Waals surface area contributed by atoms with Crippen molar-refractivity contribution < 1.29 is 9.90 Å². The lowest BCUT2D eigenvalue weighted by atomic mass is 9.87. The number of nitrogens with one attached hydrogen (secondary N) is 1. The number of hydrogen-bond acceptors (Lipinski definition) is 3. The Morgan fingerprint density at radius 1 is 0.960 bits per heavy atom. The predicted octanol–water partition coefficient (Wildman–Crippen LogP) is 3.46. The van der Waals surface area contributed by atoms with Crippen LogP contribution in [0.4, 0.5) is 5.69 Å². The molecule has 0 spiro atoms. The van der Waals surface area contributed by atoms with Crippen LogP contribution in [-0.2, 0) is 16.8 Å². The van der Waals surface area contributed by atoms with Gasteiger partial charge in [-0.05, 0) is 36.8 Å². The van der Waals surface area contributed by atoms with Crippen molar-refractivity contribution >= 4 is 11.6 Å². The largest absolute Gasteiger partial charge is 0.375 e. The van der Waals surface area contributed by atoms with Crippen LogP contribution in [0.1, 0.15) is 17.0 Å². The van der Waals surface area contributed by atoms with Gasteiger partial charge in [0, 0.05) is 23.5 Å². The normalized spacial score (nSPS) is 13.0. The molecule has 25 heavy (non-hydrogen) atoms. The molecule has 0 saturated heterocycles. The zero-order valence-corrected chi connectivity index (χ0v) is 14.0. The number of nitrogens with zero attached hydrogens (tertiary/aromatic N) is 1. The Labute approximate surface area is 147 Å². The van der Waals surface area contributed by atoms with E-state index in [0.29, 0.717) is 16.9 Å². The first-order valence-electron chi connectivity index (χ1n) is 8.15. The first-order valence-corrected chi connectivity index (χ1v) is 8.15. The zero-order chi connectivity index (χ0) is 17.7. The van der Waals surface area contributed by atoms with E-state index in [1.165, 1.54) is 0 Å². The summed E-state index contributed by atoms with van der Waals surface area (Å²) in [6.45, 7) is 1.88. The summed E-state index contributed by atoms with van der Waals surface area (Å²) in [5.41, 5.74) is 0.967. The molecule has 0 bridgehead atoms. The molecule has 2 aromatic carbocycles. The first-order chi connectivity index (χ1) is 12.1. The molecule has 126 valence electrons. The lowest BCUT2D eigenvalue weighted by molar-refractivity contribution is -0.135. The van der Waals surface area contributed by atoms with Crippen molar-refractivity contribution in [3.05, 3.63) is 95.8 Å². The molecular formula is C21H20N2O2. The molecule has 1 aromatic heterocycles. The summed E-state index contributed by atoms with van der Waals surface area (Å²) in [6.07, 6.45) is 0.0946. The quantitative estimate of drug-likeness (QED) is 0.752. The molecule has 1 unspecified atom stereocenters. The van der Waals surface area contributed by atoms with Gasteiger partial charge in [-0.1, -0.05) is 54.6 Å². The topological polar surface area (TPSA) is 62.2 Å².